The predicted octanol–water partition coefficient (Wildman–Crippen LogP) is 2.49. The number of aryl methyl sites for hydroxylation is 1. The molecular formula is C17H22N4O2. The second kappa shape index (κ2) is 7.28. The Kier molecular flexibility index (Phi) is 4.92. The average molecular weight is 314 g/mol. The molecule has 2 aromatic rings. The number of hydrogen-bond donors (Lipinski definition) is 1. The SMILES string of the molecule is Cn1cc(NC(=O)N2CC[C@@H](COCc3ccccc3)C2)cn1. The maximum Gasteiger partial charge on any atom is 0.321 e. The van der Waals surface area contributed by atoms with Crippen LogP contribution in [0.15, 0.2) is 42.7 Å². The molecular weight excluding hydrogens is 292 g/mol. The van der Waals surface area contributed by atoms with Crippen molar-refractivity contribution in [3.63, 3.8) is 0 Å². The summed E-state index contributed by atoms with van der Waals surface area (Å²) in [6, 6.07) is 10.1. The van der Waals surface area contributed by atoms with E-state index in [2.05, 4.69) is 22.5 Å². The van der Waals surface area contributed by atoms with Gasteiger partial charge in [0.1, 0.15) is 0 Å². The van der Waals surface area contributed by atoms with Gasteiger partial charge in [0.15, 0.2) is 0 Å². The summed E-state index contributed by atoms with van der Waals surface area (Å²) in [6.45, 7) is 2.82. The molecule has 23 heavy (non-hydrogen) atoms. The Labute approximate surface area is 136 Å². The van der Waals surface area contributed by atoms with E-state index in [1.54, 1.807) is 17.1 Å². The van der Waals surface area contributed by atoms with E-state index in [1.165, 1.54) is 5.56 Å². The number of carbonyl (C=O) groups is 1. The summed E-state index contributed by atoms with van der Waals surface area (Å²) >= 11 is 0. The highest BCUT2D eigenvalue weighted by atomic mass is 16.5. The van der Waals surface area contributed by atoms with Gasteiger partial charge >= 0.3 is 6.03 Å². The van der Waals surface area contributed by atoms with Gasteiger partial charge in [-0.3, -0.25) is 4.68 Å². The second-order valence-electron chi connectivity index (χ2n) is 5.93. The molecule has 0 unspecified atom stereocenters. The molecule has 1 atom stereocenters. The highest BCUT2D eigenvalue weighted by Crippen LogP contribution is 2.18. The molecule has 0 bridgehead atoms. The van der Waals surface area contributed by atoms with E-state index in [4.69, 9.17) is 4.74 Å². The fourth-order valence-corrected chi connectivity index (χ4v) is 2.76. The molecule has 1 saturated heterocycles. The summed E-state index contributed by atoms with van der Waals surface area (Å²) in [6.07, 6.45) is 4.41. The van der Waals surface area contributed by atoms with E-state index >= 15 is 0 Å². The predicted molar refractivity (Wildman–Crippen MR) is 88.0 cm³/mol. The second-order valence-corrected chi connectivity index (χ2v) is 5.93. The summed E-state index contributed by atoms with van der Waals surface area (Å²) in [5, 5.41) is 6.91. The van der Waals surface area contributed by atoms with Crippen LogP contribution in [0.25, 0.3) is 0 Å². The zero-order valence-electron chi connectivity index (χ0n) is 13.3. The molecule has 0 radical (unpaired) electrons. The van der Waals surface area contributed by atoms with Gasteiger partial charge in [-0.1, -0.05) is 30.3 Å². The lowest BCUT2D eigenvalue weighted by Gasteiger charge is -2.16. The number of nitrogens with one attached hydrogen (secondary N) is 1. The fraction of sp³-hybridized carbons (Fsp3) is 0.412. The summed E-state index contributed by atoms with van der Waals surface area (Å²) < 4.78 is 7.45. The van der Waals surface area contributed by atoms with Gasteiger partial charge in [-0.15, -0.1) is 0 Å². The lowest BCUT2D eigenvalue weighted by atomic mass is 10.1. The number of rotatable bonds is 5. The molecule has 2 heterocycles. The normalized spacial score (nSPS) is 17.4. The van der Waals surface area contributed by atoms with Crippen LogP contribution in [0.5, 0.6) is 0 Å². The van der Waals surface area contributed by atoms with Gasteiger partial charge in [-0.2, -0.15) is 5.10 Å². The Bertz CT molecular complexity index is 641. The van der Waals surface area contributed by atoms with Gasteiger partial charge < -0.3 is 15.0 Å². The van der Waals surface area contributed by atoms with Crippen LogP contribution < -0.4 is 5.32 Å². The summed E-state index contributed by atoms with van der Waals surface area (Å²) in [7, 11) is 1.83. The summed E-state index contributed by atoms with van der Waals surface area (Å²) in [4.78, 5) is 14.0. The molecule has 6 heteroatoms. The lowest BCUT2D eigenvalue weighted by molar-refractivity contribution is 0.0900. The molecule has 0 spiro atoms. The molecule has 2 amide bonds. The van der Waals surface area contributed by atoms with Crippen molar-refractivity contribution in [1.29, 1.82) is 0 Å². The minimum absolute atomic E-state index is 0.0661. The number of benzene rings is 1. The standard InChI is InChI=1S/C17H22N4O2/c1-20-11-16(9-18-20)19-17(22)21-8-7-15(10-21)13-23-12-14-5-3-2-4-6-14/h2-6,9,11,15H,7-8,10,12-13H2,1H3,(H,19,22)/t15-/m1/s1. The van der Waals surface area contributed by atoms with Gasteiger partial charge in [-0.25, -0.2) is 4.79 Å². The van der Waals surface area contributed by atoms with Crippen LogP contribution in [0, 0.1) is 5.92 Å². The van der Waals surface area contributed by atoms with Gasteiger partial charge in [0, 0.05) is 32.3 Å². The van der Waals surface area contributed by atoms with E-state index in [0.29, 0.717) is 19.1 Å². The van der Waals surface area contributed by atoms with Crippen molar-refractivity contribution in [2.24, 2.45) is 13.0 Å². The van der Waals surface area contributed by atoms with Crippen LogP contribution >= 0.6 is 0 Å². The Morgan fingerprint density at radius 3 is 2.96 bits per heavy atom. The maximum atomic E-state index is 12.2. The molecule has 6 nitrogen and oxygen atoms in total. The largest absolute Gasteiger partial charge is 0.376 e. The number of carbonyl (C=O) groups excluding carboxylic acids is 1. The van der Waals surface area contributed by atoms with Crippen molar-refractivity contribution in [1.82, 2.24) is 14.7 Å². The summed E-state index contributed by atoms with van der Waals surface area (Å²) in [5.41, 5.74) is 1.90. The van der Waals surface area contributed by atoms with Gasteiger partial charge in [0.25, 0.3) is 0 Å². The Morgan fingerprint density at radius 1 is 1.39 bits per heavy atom. The quantitative estimate of drug-likeness (QED) is 0.922. The smallest absolute Gasteiger partial charge is 0.321 e. The van der Waals surface area contributed by atoms with Crippen molar-refractivity contribution in [2.75, 3.05) is 25.0 Å². The molecule has 1 fully saturated rings. The molecule has 1 aliphatic heterocycles. The molecule has 0 saturated carbocycles. The lowest BCUT2D eigenvalue weighted by Crippen LogP contribution is -2.33. The van der Waals surface area contributed by atoms with Gasteiger partial charge in [0.2, 0.25) is 0 Å². The first-order valence-electron chi connectivity index (χ1n) is 7.87. The minimum Gasteiger partial charge on any atom is -0.376 e. The van der Waals surface area contributed by atoms with E-state index in [1.807, 2.05) is 30.1 Å². The molecule has 1 N–H and O–H groups in total. The number of hydrogen-bond acceptors (Lipinski definition) is 3. The molecule has 0 aliphatic carbocycles. The van der Waals surface area contributed by atoms with Crippen LogP contribution in [0.3, 0.4) is 0 Å². The monoisotopic (exact) mass is 314 g/mol. The number of amides is 2. The van der Waals surface area contributed by atoms with Crippen LogP contribution in [0.2, 0.25) is 0 Å². The van der Waals surface area contributed by atoms with Crippen LogP contribution in [-0.4, -0.2) is 40.4 Å². The molecule has 1 aromatic heterocycles. The highest BCUT2D eigenvalue weighted by molar-refractivity contribution is 5.89. The van der Waals surface area contributed by atoms with E-state index in [0.717, 1.165) is 25.2 Å². The number of anilines is 1. The fourth-order valence-electron chi connectivity index (χ4n) is 2.76. The first-order chi connectivity index (χ1) is 11.2. The molecule has 122 valence electrons. The third-order valence-corrected chi connectivity index (χ3v) is 3.99. The van der Waals surface area contributed by atoms with Gasteiger partial charge in [-0.05, 0) is 12.0 Å². The molecule has 3 rings (SSSR count). The zero-order valence-corrected chi connectivity index (χ0v) is 13.3. The zero-order chi connectivity index (χ0) is 16.1. The van der Waals surface area contributed by atoms with Crippen molar-refractivity contribution in [3.05, 3.63) is 48.3 Å². The number of ether oxygens (including phenoxy) is 1. The highest BCUT2D eigenvalue weighted by Gasteiger charge is 2.26. The molecule has 1 aliphatic rings. The maximum absolute atomic E-state index is 12.2. The third kappa shape index (κ3) is 4.32. The number of aromatic nitrogens is 2. The van der Waals surface area contributed by atoms with Crippen LogP contribution in [0.1, 0.15) is 12.0 Å². The van der Waals surface area contributed by atoms with Crippen molar-refractivity contribution in [3.8, 4) is 0 Å². The van der Waals surface area contributed by atoms with Crippen molar-refractivity contribution in [2.45, 2.75) is 13.0 Å². The third-order valence-electron chi connectivity index (χ3n) is 3.99. The van der Waals surface area contributed by atoms with Crippen molar-refractivity contribution >= 4 is 11.7 Å². The topological polar surface area (TPSA) is 59.4 Å². The van der Waals surface area contributed by atoms with E-state index < -0.39 is 0 Å². The molecule has 1 aromatic carbocycles. The summed E-state index contributed by atoms with van der Waals surface area (Å²) in [5.74, 6) is 0.401. The Morgan fingerprint density at radius 2 is 2.22 bits per heavy atom. The van der Waals surface area contributed by atoms with Crippen LogP contribution in [-0.2, 0) is 18.4 Å². The van der Waals surface area contributed by atoms with E-state index in [9.17, 15) is 4.79 Å². The number of urea groups is 1. The first kappa shape index (κ1) is 15.6. The van der Waals surface area contributed by atoms with Crippen molar-refractivity contribution < 1.29 is 9.53 Å². The number of likely N-dealkylation sites (tertiary alicyclic amines) is 1. The number of nitrogens with zero attached hydrogens (tertiary/aromatic N) is 3. The Hall–Kier alpha value is -2.34. The average Bonchev–Trinajstić information content (AvgIpc) is 3.18. The van der Waals surface area contributed by atoms with Crippen LogP contribution in [0.4, 0.5) is 10.5 Å². The Balaban J connectivity index is 1.40. The first-order valence-corrected chi connectivity index (χ1v) is 7.87. The van der Waals surface area contributed by atoms with Gasteiger partial charge in [0.05, 0.1) is 25.1 Å². The minimum atomic E-state index is -0.0661. The van der Waals surface area contributed by atoms with E-state index in [-0.39, 0.29) is 6.03 Å².